The molecule has 1 aliphatic rings. The molecule has 2 heterocycles. The first-order valence-corrected chi connectivity index (χ1v) is 14.8. The van der Waals surface area contributed by atoms with Gasteiger partial charge in [0.25, 0.3) is 15.9 Å². The molecule has 1 unspecified atom stereocenters. The summed E-state index contributed by atoms with van der Waals surface area (Å²) in [7, 11) is -1.00. The Balaban J connectivity index is 1.41. The van der Waals surface area contributed by atoms with Crippen LogP contribution >= 0.6 is 0 Å². The zero-order valence-electron chi connectivity index (χ0n) is 23.2. The molecule has 0 radical (unpaired) electrons. The summed E-state index contributed by atoms with van der Waals surface area (Å²) >= 11 is 0. The Hall–Kier alpha value is -4.61. The van der Waals surface area contributed by atoms with Gasteiger partial charge in [-0.25, -0.2) is 13.1 Å². The van der Waals surface area contributed by atoms with E-state index in [2.05, 4.69) is 9.71 Å². The Morgan fingerprint density at radius 1 is 0.976 bits per heavy atom. The van der Waals surface area contributed by atoms with Gasteiger partial charge in [-0.2, -0.15) is 0 Å². The van der Waals surface area contributed by atoms with E-state index in [0.29, 0.717) is 30.4 Å². The maximum absolute atomic E-state index is 12.9. The van der Waals surface area contributed by atoms with Gasteiger partial charge in [-0.15, -0.1) is 0 Å². The largest absolute Gasteiger partial charge is 0.497 e. The van der Waals surface area contributed by atoms with E-state index in [4.69, 9.17) is 18.9 Å². The van der Waals surface area contributed by atoms with Crippen LogP contribution < -0.4 is 23.8 Å². The van der Waals surface area contributed by atoms with E-state index in [1.165, 1.54) is 31.4 Å². The van der Waals surface area contributed by atoms with Crippen molar-refractivity contribution < 1.29 is 32.2 Å². The number of sulfonamides is 1. The second-order valence-electron chi connectivity index (χ2n) is 9.50. The van der Waals surface area contributed by atoms with Crippen molar-refractivity contribution in [3.05, 3.63) is 102 Å². The molecule has 1 aliphatic heterocycles. The molecular weight excluding hydrogens is 558 g/mol. The maximum Gasteiger partial charge on any atom is 0.264 e. The molecule has 1 N–H and O–H groups in total. The fourth-order valence-corrected chi connectivity index (χ4v) is 5.48. The highest BCUT2D eigenvalue weighted by atomic mass is 32.2. The van der Waals surface area contributed by atoms with E-state index in [1.54, 1.807) is 43.8 Å². The van der Waals surface area contributed by atoms with Gasteiger partial charge in [-0.3, -0.25) is 9.78 Å². The van der Waals surface area contributed by atoms with Crippen molar-refractivity contribution in [2.75, 3.05) is 25.7 Å². The minimum atomic E-state index is -4.07. The topological polar surface area (TPSA) is 116 Å². The van der Waals surface area contributed by atoms with Gasteiger partial charge in [0.1, 0.15) is 5.75 Å². The number of hydrogen-bond acceptors (Lipinski definition) is 9. The number of nitrogens with one attached hydrogen (secondary N) is 1. The van der Waals surface area contributed by atoms with Gasteiger partial charge >= 0.3 is 0 Å². The van der Waals surface area contributed by atoms with Crippen LogP contribution in [0, 0.1) is 0 Å². The summed E-state index contributed by atoms with van der Waals surface area (Å²) in [5.74, 6) is 0.903. The highest BCUT2D eigenvalue weighted by Crippen LogP contribution is 2.37. The number of aromatic nitrogens is 1. The van der Waals surface area contributed by atoms with Crippen LogP contribution in [0.25, 0.3) is 0 Å². The first kappa shape index (κ1) is 28.9. The van der Waals surface area contributed by atoms with Crippen LogP contribution in [0.4, 0.5) is 11.4 Å². The molecule has 1 saturated heterocycles. The number of amides is 1. The molecule has 1 atom stereocenters. The lowest BCUT2D eigenvalue weighted by atomic mass is 10.1. The average molecular weight is 590 g/mol. The molecule has 42 heavy (non-hydrogen) atoms. The minimum absolute atomic E-state index is 0.0450. The van der Waals surface area contributed by atoms with E-state index in [9.17, 15) is 13.2 Å². The number of hydrogen-bond donors (Lipinski definition) is 1. The monoisotopic (exact) mass is 589 g/mol. The Labute approximate surface area is 244 Å². The minimum Gasteiger partial charge on any atom is -0.497 e. The highest BCUT2D eigenvalue weighted by Gasteiger charge is 2.22. The van der Waals surface area contributed by atoms with Gasteiger partial charge in [-0.05, 0) is 78.7 Å². The molecule has 0 bridgehead atoms. The summed E-state index contributed by atoms with van der Waals surface area (Å²) < 4.78 is 50.0. The first-order valence-electron chi connectivity index (χ1n) is 13.3. The molecule has 3 aromatic carbocycles. The predicted molar refractivity (Wildman–Crippen MR) is 157 cm³/mol. The van der Waals surface area contributed by atoms with Crippen LogP contribution in [0.1, 0.15) is 28.8 Å². The summed E-state index contributed by atoms with van der Waals surface area (Å²) in [5.41, 5.74) is 2.73. The summed E-state index contributed by atoms with van der Waals surface area (Å²) in [6, 6.07) is 21.9. The molecule has 11 heteroatoms. The maximum atomic E-state index is 12.9. The molecule has 5 rings (SSSR count). The van der Waals surface area contributed by atoms with E-state index in [1.807, 2.05) is 35.2 Å². The number of pyridine rings is 1. The molecule has 10 nitrogen and oxygen atoms in total. The van der Waals surface area contributed by atoms with Crippen molar-refractivity contribution in [1.82, 2.24) is 9.71 Å². The second-order valence-corrected chi connectivity index (χ2v) is 11.2. The van der Waals surface area contributed by atoms with E-state index in [0.717, 1.165) is 29.8 Å². The third-order valence-electron chi connectivity index (χ3n) is 6.71. The SMILES string of the molecule is COc1ccc(S(=O)(=O)NC(=O)c2ccc(N(Cc3cccnc3)c3ccc(OC)c(OC4CCCO4)c3)cc2)cc1. The number of rotatable bonds is 11. The van der Waals surface area contributed by atoms with Crippen molar-refractivity contribution in [1.29, 1.82) is 0 Å². The van der Waals surface area contributed by atoms with Gasteiger partial charge in [0.15, 0.2) is 17.8 Å². The Kier molecular flexibility index (Phi) is 8.89. The van der Waals surface area contributed by atoms with E-state index in [-0.39, 0.29) is 16.7 Å². The number of anilines is 2. The second kappa shape index (κ2) is 12.9. The molecule has 1 amide bonds. The molecule has 0 aliphatic carbocycles. The molecule has 4 aromatic rings. The smallest absolute Gasteiger partial charge is 0.264 e. The fraction of sp³-hybridized carbons (Fsp3) is 0.226. The molecule has 218 valence electrons. The van der Waals surface area contributed by atoms with Crippen molar-refractivity contribution >= 4 is 27.3 Å². The highest BCUT2D eigenvalue weighted by molar-refractivity contribution is 7.90. The number of nitrogens with zero attached hydrogens (tertiary/aromatic N) is 2. The quantitative estimate of drug-likeness (QED) is 0.256. The Bertz CT molecular complexity index is 1610. The molecule has 1 fully saturated rings. The Morgan fingerprint density at radius 3 is 2.38 bits per heavy atom. The first-order chi connectivity index (χ1) is 20.4. The number of ether oxygens (including phenoxy) is 4. The standard InChI is InChI=1S/C31H31N3O7S/c1-38-26-12-14-27(15-13-26)42(36,37)33-31(35)23-7-9-24(10-8-23)34(21-22-5-3-17-32-20-22)25-11-16-28(39-2)29(19-25)41-30-6-4-18-40-30/h3,5,7-17,19-20,30H,4,6,18,21H2,1-2H3,(H,33,35). The van der Waals surface area contributed by atoms with Crippen molar-refractivity contribution in [3.8, 4) is 17.2 Å². The van der Waals surface area contributed by atoms with Crippen molar-refractivity contribution in [3.63, 3.8) is 0 Å². The summed E-state index contributed by atoms with van der Waals surface area (Å²) in [6.07, 6.45) is 4.88. The van der Waals surface area contributed by atoms with Gasteiger partial charge in [0, 0.05) is 48.4 Å². The van der Waals surface area contributed by atoms with Crippen LogP contribution in [0.2, 0.25) is 0 Å². The third kappa shape index (κ3) is 6.81. The van der Waals surface area contributed by atoms with Gasteiger partial charge in [-0.1, -0.05) is 6.07 Å². The van der Waals surface area contributed by atoms with Crippen LogP contribution in [-0.4, -0.2) is 46.4 Å². The summed E-state index contributed by atoms with van der Waals surface area (Å²) in [5, 5.41) is 0. The number of methoxy groups -OCH3 is 2. The number of carbonyl (C=O) groups excluding carboxylic acids is 1. The predicted octanol–water partition coefficient (Wildman–Crippen LogP) is 5.07. The van der Waals surface area contributed by atoms with Gasteiger partial charge < -0.3 is 23.8 Å². The number of carbonyl (C=O) groups is 1. The van der Waals surface area contributed by atoms with Crippen LogP contribution in [0.15, 0.2) is 96.2 Å². The van der Waals surface area contributed by atoms with Crippen LogP contribution in [0.3, 0.4) is 0 Å². The van der Waals surface area contributed by atoms with E-state index < -0.39 is 15.9 Å². The summed E-state index contributed by atoms with van der Waals surface area (Å²) in [4.78, 5) is 19.1. The molecular formula is C31H31N3O7S. The van der Waals surface area contributed by atoms with Crippen LogP contribution in [-0.2, 0) is 21.3 Å². The third-order valence-corrected chi connectivity index (χ3v) is 8.05. The number of benzene rings is 3. The van der Waals surface area contributed by atoms with Crippen LogP contribution in [0.5, 0.6) is 17.2 Å². The van der Waals surface area contributed by atoms with Crippen molar-refractivity contribution in [2.45, 2.75) is 30.6 Å². The zero-order chi connectivity index (χ0) is 29.5. The van der Waals surface area contributed by atoms with Gasteiger partial charge in [0.05, 0.1) is 25.7 Å². The molecule has 0 saturated carbocycles. The lowest BCUT2D eigenvalue weighted by Gasteiger charge is -2.27. The average Bonchev–Trinajstić information content (AvgIpc) is 3.53. The lowest BCUT2D eigenvalue weighted by Crippen LogP contribution is -2.30. The fourth-order valence-electron chi connectivity index (χ4n) is 4.50. The van der Waals surface area contributed by atoms with Gasteiger partial charge in [0.2, 0.25) is 0 Å². The molecule has 0 spiro atoms. The molecule has 1 aromatic heterocycles. The Morgan fingerprint density at radius 2 is 1.74 bits per heavy atom. The zero-order valence-corrected chi connectivity index (χ0v) is 24.0. The summed E-state index contributed by atoms with van der Waals surface area (Å²) in [6.45, 7) is 1.12. The normalized spacial score (nSPS) is 14.7. The lowest BCUT2D eigenvalue weighted by molar-refractivity contribution is -0.0402. The van der Waals surface area contributed by atoms with E-state index >= 15 is 0 Å². The van der Waals surface area contributed by atoms with Crippen molar-refractivity contribution in [2.24, 2.45) is 0 Å².